The van der Waals surface area contributed by atoms with Gasteiger partial charge in [-0.2, -0.15) is 0 Å². The second-order valence-electron chi connectivity index (χ2n) is 3.59. The second-order valence-corrected chi connectivity index (χ2v) is 3.59. The molecule has 0 atom stereocenters. The number of rotatable bonds is 7. The third-order valence-corrected chi connectivity index (χ3v) is 2.46. The molecule has 0 unspecified atom stereocenters. The van der Waals surface area contributed by atoms with Crippen LogP contribution in [0, 0.1) is 0 Å². The van der Waals surface area contributed by atoms with Crippen molar-refractivity contribution in [2.75, 3.05) is 26.9 Å². The SMILES string of the molecule is CCCOCCNC1CC(OC)C1. The van der Waals surface area contributed by atoms with Gasteiger partial charge in [0, 0.05) is 26.3 Å². The molecule has 0 bridgehead atoms. The van der Waals surface area contributed by atoms with E-state index in [9.17, 15) is 0 Å². The zero-order valence-electron chi connectivity index (χ0n) is 8.71. The standard InChI is InChI=1S/C10H21NO2/c1-3-5-13-6-4-11-9-7-10(8-9)12-2/h9-11H,3-8H2,1-2H3. The first-order chi connectivity index (χ1) is 6.36. The average molecular weight is 187 g/mol. The Hall–Kier alpha value is -0.120. The van der Waals surface area contributed by atoms with Crippen LogP contribution < -0.4 is 5.32 Å². The summed E-state index contributed by atoms with van der Waals surface area (Å²) in [6.07, 6.45) is 3.91. The average Bonchev–Trinajstić information content (AvgIpc) is 2.08. The van der Waals surface area contributed by atoms with Gasteiger partial charge in [-0.05, 0) is 19.3 Å². The van der Waals surface area contributed by atoms with Crippen LogP contribution in [0.25, 0.3) is 0 Å². The highest BCUT2D eigenvalue weighted by molar-refractivity contribution is 4.85. The van der Waals surface area contributed by atoms with Crippen molar-refractivity contribution in [2.45, 2.75) is 38.3 Å². The van der Waals surface area contributed by atoms with E-state index < -0.39 is 0 Å². The summed E-state index contributed by atoms with van der Waals surface area (Å²) in [5, 5.41) is 3.44. The molecule has 0 aromatic heterocycles. The molecule has 1 rings (SSSR count). The largest absolute Gasteiger partial charge is 0.381 e. The molecule has 3 nitrogen and oxygen atoms in total. The van der Waals surface area contributed by atoms with E-state index in [-0.39, 0.29) is 0 Å². The Bertz CT molecular complexity index is 124. The van der Waals surface area contributed by atoms with Gasteiger partial charge in [0.2, 0.25) is 0 Å². The molecule has 1 aliphatic carbocycles. The molecule has 78 valence electrons. The van der Waals surface area contributed by atoms with Crippen LogP contribution >= 0.6 is 0 Å². The van der Waals surface area contributed by atoms with Gasteiger partial charge in [0.05, 0.1) is 12.7 Å². The maximum absolute atomic E-state index is 5.36. The predicted octanol–water partition coefficient (Wildman–Crippen LogP) is 1.18. The van der Waals surface area contributed by atoms with E-state index >= 15 is 0 Å². The molecule has 13 heavy (non-hydrogen) atoms. The number of hydrogen-bond donors (Lipinski definition) is 1. The summed E-state index contributed by atoms with van der Waals surface area (Å²) in [6.45, 7) is 4.82. The van der Waals surface area contributed by atoms with Gasteiger partial charge >= 0.3 is 0 Å². The van der Waals surface area contributed by atoms with Crippen molar-refractivity contribution in [2.24, 2.45) is 0 Å². The van der Waals surface area contributed by atoms with E-state index in [4.69, 9.17) is 9.47 Å². The summed E-state index contributed by atoms with van der Waals surface area (Å²) < 4.78 is 10.6. The first-order valence-corrected chi connectivity index (χ1v) is 5.20. The van der Waals surface area contributed by atoms with Gasteiger partial charge in [0.15, 0.2) is 0 Å². The summed E-state index contributed by atoms with van der Waals surface area (Å²) in [6, 6.07) is 0.662. The third-order valence-electron chi connectivity index (χ3n) is 2.46. The van der Waals surface area contributed by atoms with E-state index in [1.54, 1.807) is 7.11 Å². The number of ether oxygens (including phenoxy) is 2. The molecule has 0 amide bonds. The molecule has 0 radical (unpaired) electrons. The molecule has 0 aromatic carbocycles. The molecule has 1 saturated carbocycles. The Kier molecular flexibility index (Phi) is 5.35. The molecule has 0 spiro atoms. The Balaban J connectivity index is 1.80. The molecular weight excluding hydrogens is 166 g/mol. The normalized spacial score (nSPS) is 27.2. The van der Waals surface area contributed by atoms with Crippen molar-refractivity contribution in [1.29, 1.82) is 0 Å². The van der Waals surface area contributed by atoms with Crippen LogP contribution in [0.3, 0.4) is 0 Å². The Labute approximate surface area is 80.8 Å². The topological polar surface area (TPSA) is 30.5 Å². The minimum atomic E-state index is 0.495. The Morgan fingerprint density at radius 1 is 1.31 bits per heavy atom. The molecule has 3 heteroatoms. The van der Waals surface area contributed by atoms with Crippen LogP contribution in [0.5, 0.6) is 0 Å². The Morgan fingerprint density at radius 2 is 2.08 bits per heavy atom. The fourth-order valence-corrected chi connectivity index (χ4v) is 1.51. The van der Waals surface area contributed by atoms with E-state index in [0.29, 0.717) is 12.1 Å². The lowest BCUT2D eigenvalue weighted by atomic mass is 9.89. The third kappa shape index (κ3) is 4.07. The highest BCUT2D eigenvalue weighted by Gasteiger charge is 2.27. The van der Waals surface area contributed by atoms with Crippen molar-refractivity contribution < 1.29 is 9.47 Å². The van der Waals surface area contributed by atoms with Gasteiger partial charge < -0.3 is 14.8 Å². The quantitative estimate of drug-likeness (QED) is 0.607. The van der Waals surface area contributed by atoms with Gasteiger partial charge in [-0.3, -0.25) is 0 Å². The van der Waals surface area contributed by atoms with Crippen LogP contribution in [0.15, 0.2) is 0 Å². The zero-order chi connectivity index (χ0) is 9.52. The van der Waals surface area contributed by atoms with E-state index in [0.717, 1.165) is 39.0 Å². The van der Waals surface area contributed by atoms with E-state index in [2.05, 4.69) is 12.2 Å². The van der Waals surface area contributed by atoms with Gasteiger partial charge in [0.25, 0.3) is 0 Å². The maximum atomic E-state index is 5.36. The lowest BCUT2D eigenvalue weighted by Crippen LogP contribution is -2.46. The summed E-state index contributed by atoms with van der Waals surface area (Å²) in [5.41, 5.74) is 0. The number of hydrogen-bond acceptors (Lipinski definition) is 3. The van der Waals surface area contributed by atoms with Gasteiger partial charge in [-0.25, -0.2) is 0 Å². The van der Waals surface area contributed by atoms with Crippen molar-refractivity contribution >= 4 is 0 Å². The molecule has 0 aromatic rings. The van der Waals surface area contributed by atoms with E-state index in [1.165, 1.54) is 0 Å². The fourth-order valence-electron chi connectivity index (χ4n) is 1.51. The molecule has 0 saturated heterocycles. The zero-order valence-corrected chi connectivity index (χ0v) is 8.71. The molecule has 0 heterocycles. The van der Waals surface area contributed by atoms with E-state index in [1.807, 2.05) is 0 Å². The fraction of sp³-hybridized carbons (Fsp3) is 1.00. The van der Waals surface area contributed by atoms with Gasteiger partial charge in [-0.15, -0.1) is 0 Å². The highest BCUT2D eigenvalue weighted by atomic mass is 16.5. The number of methoxy groups -OCH3 is 1. The summed E-state index contributed by atoms with van der Waals surface area (Å²) in [4.78, 5) is 0. The van der Waals surface area contributed by atoms with Crippen LogP contribution in [-0.2, 0) is 9.47 Å². The van der Waals surface area contributed by atoms with Gasteiger partial charge in [0.1, 0.15) is 0 Å². The summed E-state index contributed by atoms with van der Waals surface area (Å²) in [7, 11) is 1.78. The Morgan fingerprint density at radius 3 is 2.69 bits per heavy atom. The predicted molar refractivity (Wildman–Crippen MR) is 52.9 cm³/mol. The molecule has 1 N–H and O–H groups in total. The van der Waals surface area contributed by atoms with Crippen LogP contribution in [0.4, 0.5) is 0 Å². The summed E-state index contributed by atoms with van der Waals surface area (Å²) >= 11 is 0. The minimum Gasteiger partial charge on any atom is -0.381 e. The molecule has 0 aliphatic heterocycles. The lowest BCUT2D eigenvalue weighted by Gasteiger charge is -2.34. The first kappa shape index (κ1) is 11.0. The smallest absolute Gasteiger partial charge is 0.0601 e. The summed E-state index contributed by atoms with van der Waals surface area (Å²) in [5.74, 6) is 0. The first-order valence-electron chi connectivity index (χ1n) is 5.20. The van der Waals surface area contributed by atoms with Crippen LogP contribution in [0.2, 0.25) is 0 Å². The lowest BCUT2D eigenvalue weighted by molar-refractivity contribution is 0.0149. The molecule has 1 aliphatic rings. The molecular formula is C10H21NO2. The van der Waals surface area contributed by atoms with Crippen molar-refractivity contribution in [1.82, 2.24) is 5.32 Å². The monoisotopic (exact) mass is 187 g/mol. The van der Waals surface area contributed by atoms with Crippen LogP contribution in [-0.4, -0.2) is 39.0 Å². The maximum Gasteiger partial charge on any atom is 0.0601 e. The molecule has 1 fully saturated rings. The van der Waals surface area contributed by atoms with Gasteiger partial charge in [-0.1, -0.05) is 6.92 Å². The van der Waals surface area contributed by atoms with Crippen molar-refractivity contribution in [3.8, 4) is 0 Å². The minimum absolute atomic E-state index is 0.495. The highest BCUT2D eigenvalue weighted by Crippen LogP contribution is 2.21. The number of nitrogens with one attached hydrogen (secondary N) is 1. The van der Waals surface area contributed by atoms with Crippen molar-refractivity contribution in [3.63, 3.8) is 0 Å². The van der Waals surface area contributed by atoms with Crippen LogP contribution in [0.1, 0.15) is 26.2 Å². The van der Waals surface area contributed by atoms with Crippen molar-refractivity contribution in [3.05, 3.63) is 0 Å². The second kappa shape index (κ2) is 6.35.